The Balaban J connectivity index is 1.75. The number of hydrogen-bond donors (Lipinski definition) is 2. The fourth-order valence-corrected chi connectivity index (χ4v) is 2.24. The lowest BCUT2D eigenvalue weighted by Crippen LogP contribution is -2.25. The molecule has 1 aromatic heterocycles. The fraction of sp³-hybridized carbons (Fsp3) is 0.294. The van der Waals surface area contributed by atoms with Gasteiger partial charge in [-0.3, -0.25) is 4.79 Å². The second-order valence-electron chi connectivity index (χ2n) is 5.37. The van der Waals surface area contributed by atoms with E-state index in [9.17, 15) is 18.0 Å². The summed E-state index contributed by atoms with van der Waals surface area (Å²) in [5.41, 5.74) is 5.99. The highest BCUT2D eigenvalue weighted by atomic mass is 35.5. The quantitative estimate of drug-likeness (QED) is 0.714. The van der Waals surface area contributed by atoms with Gasteiger partial charge in [-0.15, -0.1) is 0 Å². The third-order valence-corrected chi connectivity index (χ3v) is 3.70. The number of pyridine rings is 1. The van der Waals surface area contributed by atoms with E-state index in [1.807, 2.05) is 0 Å². The predicted molar refractivity (Wildman–Crippen MR) is 91.0 cm³/mol. The number of halogens is 4. The number of carbonyl (C=O) groups is 1. The number of benzene rings is 1. The Labute approximate surface area is 153 Å². The van der Waals surface area contributed by atoms with Gasteiger partial charge >= 0.3 is 6.18 Å². The van der Waals surface area contributed by atoms with Gasteiger partial charge in [0.1, 0.15) is 5.02 Å². The molecule has 0 fully saturated rings. The van der Waals surface area contributed by atoms with Crippen molar-refractivity contribution in [2.75, 3.05) is 13.2 Å². The second kappa shape index (κ2) is 8.86. The van der Waals surface area contributed by atoms with Crippen LogP contribution in [0.15, 0.2) is 36.5 Å². The summed E-state index contributed by atoms with van der Waals surface area (Å²) in [6.07, 6.45) is -3.42. The van der Waals surface area contributed by atoms with Gasteiger partial charge in [-0.1, -0.05) is 23.7 Å². The summed E-state index contributed by atoms with van der Waals surface area (Å²) >= 11 is 5.74. The molecule has 0 aliphatic rings. The van der Waals surface area contributed by atoms with Gasteiger partial charge in [0.05, 0.1) is 12.2 Å². The first kappa shape index (κ1) is 20.0. The van der Waals surface area contributed by atoms with Crippen molar-refractivity contribution in [1.82, 2.24) is 10.3 Å². The maximum Gasteiger partial charge on any atom is 0.417 e. The van der Waals surface area contributed by atoms with Crippen LogP contribution in [0.4, 0.5) is 13.2 Å². The van der Waals surface area contributed by atoms with Crippen molar-refractivity contribution in [3.8, 4) is 5.88 Å². The van der Waals surface area contributed by atoms with Crippen LogP contribution in [0.3, 0.4) is 0 Å². The van der Waals surface area contributed by atoms with E-state index in [1.165, 1.54) is 0 Å². The molecule has 0 atom stereocenters. The summed E-state index contributed by atoms with van der Waals surface area (Å²) in [6.45, 7) is 0.875. The van der Waals surface area contributed by atoms with Crippen LogP contribution in [0.2, 0.25) is 5.02 Å². The molecule has 0 spiro atoms. The number of nitrogens with two attached hydrogens (primary N) is 1. The highest BCUT2D eigenvalue weighted by molar-refractivity contribution is 6.31. The van der Waals surface area contributed by atoms with E-state index >= 15 is 0 Å². The van der Waals surface area contributed by atoms with Gasteiger partial charge in [-0.25, -0.2) is 4.98 Å². The summed E-state index contributed by atoms with van der Waals surface area (Å²) in [7, 11) is 0. The number of rotatable bonds is 7. The molecule has 0 bridgehead atoms. The lowest BCUT2D eigenvalue weighted by atomic mass is 10.1. The van der Waals surface area contributed by atoms with Crippen molar-refractivity contribution in [2.24, 2.45) is 5.73 Å². The molecule has 1 heterocycles. The van der Waals surface area contributed by atoms with Crippen LogP contribution in [-0.2, 0) is 12.7 Å². The maximum absolute atomic E-state index is 12.5. The number of alkyl halides is 3. The number of aromatic nitrogens is 1. The Hall–Kier alpha value is -2.32. The summed E-state index contributed by atoms with van der Waals surface area (Å²) < 4.78 is 42.8. The summed E-state index contributed by atoms with van der Waals surface area (Å²) in [5.74, 6) is -0.317. The smallest absolute Gasteiger partial charge is 0.417 e. The van der Waals surface area contributed by atoms with Crippen LogP contribution in [0.5, 0.6) is 5.88 Å². The molecule has 0 saturated carbocycles. The molecular weight excluding hydrogens is 371 g/mol. The molecule has 0 unspecified atom stereocenters. The Morgan fingerprint density at radius 1 is 1.27 bits per heavy atom. The number of amides is 1. The third kappa shape index (κ3) is 5.60. The van der Waals surface area contributed by atoms with E-state index in [-0.39, 0.29) is 23.4 Å². The first-order valence-corrected chi connectivity index (χ1v) is 8.12. The van der Waals surface area contributed by atoms with E-state index in [2.05, 4.69) is 10.3 Å². The highest BCUT2D eigenvalue weighted by Gasteiger charge is 2.31. The minimum Gasteiger partial charge on any atom is -0.477 e. The second-order valence-corrected chi connectivity index (χ2v) is 5.77. The topological polar surface area (TPSA) is 77.2 Å². The zero-order chi connectivity index (χ0) is 19.2. The lowest BCUT2D eigenvalue weighted by Gasteiger charge is -2.10. The first-order valence-electron chi connectivity index (χ1n) is 7.74. The number of carbonyl (C=O) groups excluding carboxylic acids is 1. The average Bonchev–Trinajstić information content (AvgIpc) is 2.61. The number of hydrogen-bond acceptors (Lipinski definition) is 4. The van der Waals surface area contributed by atoms with E-state index in [4.69, 9.17) is 22.1 Å². The summed E-state index contributed by atoms with van der Waals surface area (Å²) in [4.78, 5) is 15.5. The molecule has 2 rings (SSSR count). The molecule has 1 amide bonds. The Kier molecular flexibility index (Phi) is 6.82. The third-order valence-electron chi connectivity index (χ3n) is 3.43. The Morgan fingerprint density at radius 2 is 1.96 bits per heavy atom. The van der Waals surface area contributed by atoms with Crippen molar-refractivity contribution < 1.29 is 22.7 Å². The van der Waals surface area contributed by atoms with Gasteiger partial charge in [0.25, 0.3) is 5.91 Å². The van der Waals surface area contributed by atoms with Crippen LogP contribution in [0.1, 0.15) is 27.9 Å². The molecule has 1 aromatic carbocycles. The van der Waals surface area contributed by atoms with Gasteiger partial charge < -0.3 is 15.8 Å². The molecule has 0 aliphatic heterocycles. The van der Waals surface area contributed by atoms with Crippen LogP contribution in [0, 0.1) is 0 Å². The van der Waals surface area contributed by atoms with Gasteiger partial charge in [-0.2, -0.15) is 13.2 Å². The fourth-order valence-electron chi connectivity index (χ4n) is 2.02. The SMILES string of the molecule is NCc1ccc(C(=O)NCCCOc2ncc(C(F)(F)F)cc2Cl)cc1. The minimum atomic E-state index is -4.51. The van der Waals surface area contributed by atoms with Gasteiger partial charge in [0.15, 0.2) is 0 Å². The van der Waals surface area contributed by atoms with E-state index in [0.717, 1.165) is 11.6 Å². The predicted octanol–water partition coefficient (Wildman–Crippen LogP) is 3.41. The van der Waals surface area contributed by atoms with Crippen molar-refractivity contribution >= 4 is 17.5 Å². The molecule has 0 saturated heterocycles. The zero-order valence-electron chi connectivity index (χ0n) is 13.6. The molecule has 5 nitrogen and oxygen atoms in total. The van der Waals surface area contributed by atoms with Crippen LogP contribution < -0.4 is 15.8 Å². The molecule has 26 heavy (non-hydrogen) atoms. The first-order chi connectivity index (χ1) is 12.3. The standard InChI is InChI=1S/C17H17ClF3N3O2/c18-14-8-13(17(19,20)21)10-24-16(14)26-7-1-6-23-15(25)12-4-2-11(9-22)3-5-12/h2-5,8,10H,1,6-7,9,22H2,(H,23,25). The number of nitrogens with zero attached hydrogens (tertiary/aromatic N) is 1. The molecule has 0 aliphatic carbocycles. The van der Waals surface area contributed by atoms with Gasteiger partial charge in [0, 0.05) is 24.8 Å². The maximum atomic E-state index is 12.5. The van der Waals surface area contributed by atoms with Crippen molar-refractivity contribution in [3.63, 3.8) is 0 Å². The van der Waals surface area contributed by atoms with Crippen LogP contribution in [-0.4, -0.2) is 24.0 Å². The van der Waals surface area contributed by atoms with Crippen LogP contribution >= 0.6 is 11.6 Å². The van der Waals surface area contributed by atoms with Crippen molar-refractivity contribution in [3.05, 3.63) is 58.2 Å². The molecule has 0 radical (unpaired) electrons. The zero-order valence-corrected chi connectivity index (χ0v) is 14.4. The Morgan fingerprint density at radius 3 is 2.54 bits per heavy atom. The molecule has 9 heteroatoms. The van der Waals surface area contributed by atoms with Gasteiger partial charge in [-0.05, 0) is 30.2 Å². The van der Waals surface area contributed by atoms with Crippen molar-refractivity contribution in [1.29, 1.82) is 0 Å². The van der Waals surface area contributed by atoms with E-state index < -0.39 is 11.7 Å². The summed E-state index contributed by atoms with van der Waals surface area (Å²) in [5, 5.41) is 2.50. The Bertz CT molecular complexity index is 752. The highest BCUT2D eigenvalue weighted by Crippen LogP contribution is 2.33. The van der Waals surface area contributed by atoms with E-state index in [0.29, 0.717) is 31.3 Å². The van der Waals surface area contributed by atoms with Crippen molar-refractivity contribution in [2.45, 2.75) is 19.1 Å². The number of nitrogens with one attached hydrogen (secondary N) is 1. The minimum absolute atomic E-state index is 0.0802. The number of ether oxygens (including phenoxy) is 1. The summed E-state index contributed by atoms with van der Waals surface area (Å²) in [6, 6.07) is 7.67. The van der Waals surface area contributed by atoms with E-state index in [1.54, 1.807) is 24.3 Å². The molecule has 2 aromatic rings. The van der Waals surface area contributed by atoms with Crippen LogP contribution in [0.25, 0.3) is 0 Å². The molecular formula is C17H17ClF3N3O2. The molecule has 140 valence electrons. The largest absolute Gasteiger partial charge is 0.477 e. The molecule has 3 N–H and O–H groups in total. The average molecular weight is 388 g/mol. The lowest BCUT2D eigenvalue weighted by molar-refractivity contribution is -0.137. The monoisotopic (exact) mass is 387 g/mol. The normalized spacial score (nSPS) is 11.3. The van der Waals surface area contributed by atoms with Gasteiger partial charge in [0.2, 0.25) is 5.88 Å².